The van der Waals surface area contributed by atoms with Gasteiger partial charge in [0.15, 0.2) is 0 Å². The van der Waals surface area contributed by atoms with E-state index in [1.807, 2.05) is 0 Å². The lowest BCUT2D eigenvalue weighted by molar-refractivity contribution is -0.384. The second-order valence-corrected chi connectivity index (χ2v) is 6.66. The Morgan fingerprint density at radius 2 is 1.86 bits per heavy atom. The number of benzene rings is 1. The number of aliphatic hydroxyl groups is 1. The first kappa shape index (κ1) is 19.9. The van der Waals surface area contributed by atoms with Crippen molar-refractivity contribution < 1.29 is 19.6 Å². The van der Waals surface area contributed by atoms with Gasteiger partial charge in [-0.25, -0.2) is 0 Å². The van der Waals surface area contributed by atoms with Crippen LogP contribution in [0.15, 0.2) is 30.0 Å². The Balaban J connectivity index is 1.57. The van der Waals surface area contributed by atoms with Gasteiger partial charge in [0.1, 0.15) is 11.3 Å². The van der Waals surface area contributed by atoms with Crippen LogP contribution in [0.25, 0.3) is 0 Å². The van der Waals surface area contributed by atoms with Gasteiger partial charge >= 0.3 is 0 Å². The zero-order chi connectivity index (χ0) is 20.1. The van der Waals surface area contributed by atoms with Gasteiger partial charge in [-0.3, -0.25) is 29.5 Å². The minimum absolute atomic E-state index is 0.0552. The Morgan fingerprint density at radius 3 is 2.50 bits per heavy atom. The summed E-state index contributed by atoms with van der Waals surface area (Å²) in [6.07, 6.45) is 1.38. The molecule has 1 aromatic carbocycles. The molecule has 0 bridgehead atoms. The molecule has 0 aromatic heterocycles. The maximum absolute atomic E-state index is 12.6. The number of carbonyl (C=O) groups is 2. The molecule has 150 valence electrons. The highest BCUT2D eigenvalue weighted by Crippen LogP contribution is 2.33. The highest BCUT2D eigenvalue weighted by atomic mass is 16.6. The molecule has 2 heterocycles. The van der Waals surface area contributed by atoms with Crippen LogP contribution in [0.2, 0.25) is 0 Å². The molecule has 10 heteroatoms. The number of Topliss-reactive ketones (excluding diaryl/α,β-unsaturated/α-hetero) is 1. The number of fused-ring (bicyclic) bond motifs is 1. The molecule has 0 radical (unpaired) electrons. The van der Waals surface area contributed by atoms with Gasteiger partial charge in [-0.2, -0.15) is 0 Å². The van der Waals surface area contributed by atoms with Crippen LogP contribution in [-0.2, 0) is 4.79 Å². The third-order valence-corrected chi connectivity index (χ3v) is 4.91. The molecule has 0 spiro atoms. The van der Waals surface area contributed by atoms with Crippen LogP contribution in [0.4, 0.5) is 11.4 Å². The first-order valence-corrected chi connectivity index (χ1v) is 9.14. The molecule has 2 aliphatic heterocycles. The number of amides is 1. The van der Waals surface area contributed by atoms with E-state index in [2.05, 4.69) is 20.4 Å². The Hall–Kier alpha value is -2.82. The SMILES string of the molecule is O=C1Nc2c(cccc2[N+](=O)[O-])C(=O)C1=CNCCN1CCN(CCO)CC1. The van der Waals surface area contributed by atoms with Crippen LogP contribution in [0, 0.1) is 10.1 Å². The molecule has 3 rings (SSSR count). The predicted molar refractivity (Wildman–Crippen MR) is 102 cm³/mol. The summed E-state index contributed by atoms with van der Waals surface area (Å²) < 4.78 is 0. The van der Waals surface area contributed by atoms with Crippen LogP contribution < -0.4 is 10.6 Å². The topological polar surface area (TPSA) is 128 Å². The van der Waals surface area contributed by atoms with E-state index >= 15 is 0 Å². The Labute approximate surface area is 161 Å². The summed E-state index contributed by atoms with van der Waals surface area (Å²) in [5.74, 6) is -1.19. The van der Waals surface area contributed by atoms with Crippen molar-refractivity contribution in [1.29, 1.82) is 0 Å². The predicted octanol–water partition coefficient (Wildman–Crippen LogP) is -0.187. The van der Waals surface area contributed by atoms with Gasteiger partial charge < -0.3 is 15.7 Å². The molecule has 0 unspecified atom stereocenters. The highest BCUT2D eigenvalue weighted by molar-refractivity contribution is 6.34. The molecule has 0 saturated carbocycles. The molecule has 3 N–H and O–H groups in total. The average molecular weight is 389 g/mol. The number of β-amino-alcohol motifs (C(OH)–C–C–N with tert-alkyl or cyclic N) is 1. The average Bonchev–Trinajstić information content (AvgIpc) is 2.68. The number of carbonyl (C=O) groups excluding carboxylic acids is 2. The van der Waals surface area contributed by atoms with Gasteiger partial charge in [0, 0.05) is 58.1 Å². The van der Waals surface area contributed by atoms with E-state index in [4.69, 9.17) is 5.11 Å². The molecular weight excluding hydrogens is 366 g/mol. The normalized spacial score (nSPS) is 19.4. The van der Waals surface area contributed by atoms with Crippen molar-refractivity contribution in [3.63, 3.8) is 0 Å². The summed E-state index contributed by atoms with van der Waals surface area (Å²) in [5, 5.41) is 25.5. The van der Waals surface area contributed by atoms with Crippen LogP contribution in [0.5, 0.6) is 0 Å². The number of aliphatic hydroxyl groups excluding tert-OH is 1. The van der Waals surface area contributed by atoms with Crippen molar-refractivity contribution >= 4 is 23.1 Å². The molecule has 1 aromatic rings. The van der Waals surface area contributed by atoms with Crippen LogP contribution in [0.1, 0.15) is 10.4 Å². The molecule has 1 fully saturated rings. The number of nitro benzene ring substituents is 1. The number of hydrogen-bond donors (Lipinski definition) is 3. The zero-order valence-corrected chi connectivity index (χ0v) is 15.4. The van der Waals surface area contributed by atoms with E-state index in [0.29, 0.717) is 13.1 Å². The first-order chi connectivity index (χ1) is 13.5. The number of piperazine rings is 1. The summed E-state index contributed by atoms with van der Waals surface area (Å²) in [6.45, 7) is 5.77. The lowest BCUT2D eigenvalue weighted by Gasteiger charge is -2.34. The van der Waals surface area contributed by atoms with Gasteiger partial charge in [0.2, 0.25) is 5.78 Å². The zero-order valence-electron chi connectivity index (χ0n) is 15.4. The van der Waals surface area contributed by atoms with E-state index in [-0.39, 0.29) is 29.1 Å². The lowest BCUT2D eigenvalue weighted by Crippen LogP contribution is -2.48. The number of rotatable bonds is 7. The molecular formula is C18H23N5O5. The van der Waals surface area contributed by atoms with Crippen molar-refractivity contribution in [3.05, 3.63) is 45.6 Å². The fraction of sp³-hybridized carbons (Fsp3) is 0.444. The van der Waals surface area contributed by atoms with Crippen LogP contribution >= 0.6 is 0 Å². The largest absolute Gasteiger partial charge is 0.395 e. The quantitative estimate of drug-likeness (QED) is 0.193. The van der Waals surface area contributed by atoms with E-state index in [1.54, 1.807) is 0 Å². The molecule has 0 atom stereocenters. The first-order valence-electron chi connectivity index (χ1n) is 9.14. The van der Waals surface area contributed by atoms with Gasteiger partial charge in [-0.15, -0.1) is 0 Å². The minimum atomic E-state index is -0.656. The smallest absolute Gasteiger partial charge is 0.293 e. The number of hydrogen-bond acceptors (Lipinski definition) is 8. The second-order valence-electron chi connectivity index (χ2n) is 6.66. The molecule has 10 nitrogen and oxygen atoms in total. The summed E-state index contributed by atoms with van der Waals surface area (Å²) in [7, 11) is 0. The Morgan fingerprint density at radius 1 is 1.18 bits per heavy atom. The number of nitro groups is 1. The molecule has 1 amide bonds. The number of nitrogens with one attached hydrogen (secondary N) is 2. The van der Waals surface area contributed by atoms with Gasteiger partial charge in [0.25, 0.3) is 11.6 Å². The fourth-order valence-corrected chi connectivity index (χ4v) is 3.35. The maximum atomic E-state index is 12.6. The summed E-state index contributed by atoms with van der Waals surface area (Å²) in [5.41, 5.74) is -0.311. The number of nitrogens with zero attached hydrogens (tertiary/aromatic N) is 3. The summed E-state index contributed by atoms with van der Waals surface area (Å²) >= 11 is 0. The number of ketones is 1. The van der Waals surface area contributed by atoms with Crippen molar-refractivity contribution in [2.24, 2.45) is 0 Å². The lowest BCUT2D eigenvalue weighted by atomic mass is 9.96. The van der Waals surface area contributed by atoms with Crippen molar-refractivity contribution in [2.45, 2.75) is 0 Å². The standard InChI is InChI=1S/C18H23N5O5/c24-11-10-22-8-6-21(7-9-22)5-4-19-12-14-17(25)13-2-1-3-15(23(27)28)16(13)20-18(14)26/h1-3,12,19,24H,4-11H2,(H,20,26). The third-order valence-electron chi connectivity index (χ3n) is 4.91. The summed E-state index contributed by atoms with van der Waals surface area (Å²) in [6, 6.07) is 4.14. The third kappa shape index (κ3) is 4.35. The second kappa shape index (κ2) is 8.91. The number of para-hydroxylation sites is 1. The van der Waals surface area contributed by atoms with Gasteiger partial charge in [-0.05, 0) is 6.07 Å². The fourth-order valence-electron chi connectivity index (χ4n) is 3.35. The Bertz CT molecular complexity index is 802. The van der Waals surface area contributed by atoms with E-state index < -0.39 is 16.6 Å². The Kier molecular flexibility index (Phi) is 6.34. The van der Waals surface area contributed by atoms with Crippen molar-refractivity contribution in [2.75, 3.05) is 57.7 Å². The van der Waals surface area contributed by atoms with Crippen molar-refractivity contribution in [1.82, 2.24) is 15.1 Å². The molecule has 28 heavy (non-hydrogen) atoms. The molecule has 0 aliphatic carbocycles. The van der Waals surface area contributed by atoms with Crippen LogP contribution in [0.3, 0.4) is 0 Å². The van der Waals surface area contributed by atoms with Gasteiger partial charge in [0.05, 0.1) is 17.1 Å². The monoisotopic (exact) mass is 389 g/mol. The van der Waals surface area contributed by atoms with Crippen LogP contribution in [-0.4, -0.2) is 83.9 Å². The van der Waals surface area contributed by atoms with Crippen molar-refractivity contribution in [3.8, 4) is 0 Å². The molecule has 2 aliphatic rings. The van der Waals surface area contributed by atoms with E-state index in [0.717, 1.165) is 32.7 Å². The van der Waals surface area contributed by atoms with E-state index in [1.165, 1.54) is 24.4 Å². The summed E-state index contributed by atoms with van der Waals surface area (Å²) in [4.78, 5) is 39.7. The maximum Gasteiger partial charge on any atom is 0.293 e. The molecule has 1 saturated heterocycles. The van der Waals surface area contributed by atoms with Gasteiger partial charge in [-0.1, -0.05) is 6.07 Å². The number of anilines is 1. The minimum Gasteiger partial charge on any atom is -0.395 e. The highest BCUT2D eigenvalue weighted by Gasteiger charge is 2.33. The van der Waals surface area contributed by atoms with E-state index in [9.17, 15) is 19.7 Å².